The summed E-state index contributed by atoms with van der Waals surface area (Å²) in [6.45, 7) is 0.0862. The molecule has 0 saturated heterocycles. The molecule has 0 bridgehead atoms. The van der Waals surface area contributed by atoms with Gasteiger partial charge in [0.05, 0.1) is 11.6 Å². The molecule has 3 heteroatoms. The molecule has 74 valence electrons. The zero-order valence-corrected chi connectivity index (χ0v) is 7.66. The largest absolute Gasteiger partial charge is 0.464 e. The van der Waals surface area contributed by atoms with Crippen LogP contribution in [0.3, 0.4) is 0 Å². The van der Waals surface area contributed by atoms with Crippen molar-refractivity contribution in [3.63, 3.8) is 0 Å². The predicted molar refractivity (Wildman–Crippen MR) is 51.6 cm³/mol. The van der Waals surface area contributed by atoms with E-state index >= 15 is 0 Å². The van der Waals surface area contributed by atoms with Gasteiger partial charge in [-0.1, -0.05) is 6.07 Å². The smallest absolute Gasteiger partial charge is 0.137 e. The highest BCUT2D eigenvalue weighted by Gasteiger charge is 2.08. The first kappa shape index (κ1) is 9.21. The van der Waals surface area contributed by atoms with E-state index in [0.29, 0.717) is 29.4 Å². The summed E-state index contributed by atoms with van der Waals surface area (Å²) in [6, 6.07) is 5.08. The lowest BCUT2D eigenvalue weighted by atomic mass is 10.1. The first-order valence-electron chi connectivity index (χ1n) is 4.58. The van der Waals surface area contributed by atoms with Crippen LogP contribution in [-0.4, -0.2) is 11.7 Å². The van der Waals surface area contributed by atoms with Crippen molar-refractivity contribution in [1.82, 2.24) is 0 Å². The van der Waals surface area contributed by atoms with Crippen molar-refractivity contribution in [3.05, 3.63) is 35.8 Å². The summed E-state index contributed by atoms with van der Waals surface area (Å²) in [4.78, 5) is 0. The molecular weight excluding hydrogens is 183 g/mol. The topological polar surface area (TPSA) is 33.4 Å². The molecule has 14 heavy (non-hydrogen) atoms. The average Bonchev–Trinajstić information content (AvgIpc) is 2.66. The Morgan fingerprint density at radius 2 is 2.14 bits per heavy atom. The molecule has 1 aromatic heterocycles. The number of rotatable bonds is 3. The minimum Gasteiger partial charge on any atom is -0.464 e. The first-order chi connectivity index (χ1) is 6.83. The molecule has 0 radical (unpaired) electrons. The van der Waals surface area contributed by atoms with E-state index in [1.165, 1.54) is 6.26 Å². The van der Waals surface area contributed by atoms with Gasteiger partial charge in [-0.15, -0.1) is 0 Å². The van der Waals surface area contributed by atoms with E-state index in [1.807, 2.05) is 0 Å². The molecule has 2 rings (SSSR count). The monoisotopic (exact) mass is 194 g/mol. The van der Waals surface area contributed by atoms with Crippen molar-refractivity contribution in [1.29, 1.82) is 0 Å². The number of aliphatic hydroxyl groups is 1. The van der Waals surface area contributed by atoms with Crippen molar-refractivity contribution in [2.24, 2.45) is 0 Å². The molecule has 0 aliphatic heterocycles. The molecule has 2 aromatic rings. The molecule has 1 aromatic carbocycles. The van der Waals surface area contributed by atoms with Crippen molar-refractivity contribution in [2.75, 3.05) is 6.61 Å². The maximum atomic E-state index is 13.7. The van der Waals surface area contributed by atoms with E-state index in [0.717, 1.165) is 0 Å². The van der Waals surface area contributed by atoms with E-state index in [-0.39, 0.29) is 12.4 Å². The second-order valence-electron chi connectivity index (χ2n) is 3.20. The summed E-state index contributed by atoms with van der Waals surface area (Å²) in [5.74, 6) is -0.232. The normalized spacial score (nSPS) is 11.0. The maximum absolute atomic E-state index is 13.7. The summed E-state index contributed by atoms with van der Waals surface area (Å²) < 4.78 is 18.8. The average molecular weight is 194 g/mol. The Balaban J connectivity index is 2.40. The van der Waals surface area contributed by atoms with Crippen LogP contribution in [-0.2, 0) is 6.42 Å². The molecule has 1 N–H and O–H groups in total. The summed E-state index contributed by atoms with van der Waals surface area (Å²) in [6.07, 6.45) is 2.62. The number of hydrogen-bond acceptors (Lipinski definition) is 2. The van der Waals surface area contributed by atoms with E-state index < -0.39 is 0 Å². The highest BCUT2D eigenvalue weighted by atomic mass is 19.1. The highest BCUT2D eigenvalue weighted by molar-refractivity contribution is 5.78. The molecule has 2 nitrogen and oxygen atoms in total. The lowest BCUT2D eigenvalue weighted by Gasteiger charge is -2.01. The standard InChI is InChI=1S/C11H11FO2/c12-11-8(2-1-6-13)3-4-10-9(11)5-7-14-10/h3-5,7,13H,1-2,6H2. The summed E-state index contributed by atoms with van der Waals surface area (Å²) in [5.41, 5.74) is 1.20. The summed E-state index contributed by atoms with van der Waals surface area (Å²) in [7, 11) is 0. The van der Waals surface area contributed by atoms with Crippen LogP contribution >= 0.6 is 0 Å². The lowest BCUT2D eigenvalue weighted by Crippen LogP contribution is -1.93. The van der Waals surface area contributed by atoms with Gasteiger partial charge in [-0.05, 0) is 30.5 Å². The van der Waals surface area contributed by atoms with Gasteiger partial charge in [0.15, 0.2) is 0 Å². The lowest BCUT2D eigenvalue weighted by molar-refractivity contribution is 0.288. The van der Waals surface area contributed by atoms with E-state index in [9.17, 15) is 4.39 Å². The summed E-state index contributed by atoms with van der Waals surface area (Å²) >= 11 is 0. The number of fused-ring (bicyclic) bond motifs is 1. The van der Waals surface area contributed by atoms with Gasteiger partial charge in [0.2, 0.25) is 0 Å². The van der Waals surface area contributed by atoms with Crippen LogP contribution in [0.2, 0.25) is 0 Å². The molecule has 0 saturated carbocycles. The molecule has 0 aliphatic carbocycles. The van der Waals surface area contributed by atoms with E-state index in [4.69, 9.17) is 9.52 Å². The Morgan fingerprint density at radius 1 is 1.29 bits per heavy atom. The van der Waals surface area contributed by atoms with Crippen molar-refractivity contribution < 1.29 is 13.9 Å². The van der Waals surface area contributed by atoms with Crippen molar-refractivity contribution in [2.45, 2.75) is 12.8 Å². The third-order valence-corrected chi connectivity index (χ3v) is 2.25. The van der Waals surface area contributed by atoms with E-state index in [2.05, 4.69) is 0 Å². The first-order valence-corrected chi connectivity index (χ1v) is 4.58. The SMILES string of the molecule is OCCCc1ccc2occc2c1F. The number of aliphatic hydroxyl groups excluding tert-OH is 1. The molecular formula is C11H11FO2. The second kappa shape index (κ2) is 3.80. The minimum atomic E-state index is -0.232. The number of hydrogen-bond donors (Lipinski definition) is 1. The van der Waals surface area contributed by atoms with Gasteiger partial charge in [0.1, 0.15) is 11.4 Å². The second-order valence-corrected chi connectivity index (χ2v) is 3.20. The third kappa shape index (κ3) is 1.51. The van der Waals surface area contributed by atoms with Crippen molar-refractivity contribution in [3.8, 4) is 0 Å². The van der Waals surface area contributed by atoms with Crippen molar-refractivity contribution >= 4 is 11.0 Å². The fraction of sp³-hybridized carbons (Fsp3) is 0.273. The Labute approximate surface area is 81.0 Å². The maximum Gasteiger partial charge on any atom is 0.137 e. The molecule has 0 amide bonds. The number of furan rings is 1. The predicted octanol–water partition coefficient (Wildman–Crippen LogP) is 2.50. The molecule has 0 spiro atoms. The van der Waals surface area contributed by atoms with Crippen LogP contribution in [0.1, 0.15) is 12.0 Å². The highest BCUT2D eigenvalue weighted by Crippen LogP contribution is 2.22. The molecule has 0 atom stereocenters. The van der Waals surface area contributed by atoms with Gasteiger partial charge in [-0.25, -0.2) is 4.39 Å². The molecule has 0 fully saturated rings. The van der Waals surface area contributed by atoms with Crippen LogP contribution < -0.4 is 0 Å². The Morgan fingerprint density at radius 3 is 2.93 bits per heavy atom. The van der Waals surface area contributed by atoms with Crippen LogP contribution in [0.4, 0.5) is 4.39 Å². The summed E-state index contributed by atoms with van der Waals surface area (Å²) in [5, 5.41) is 9.17. The van der Waals surface area contributed by atoms with Gasteiger partial charge in [0, 0.05) is 6.61 Å². The number of halogens is 1. The third-order valence-electron chi connectivity index (χ3n) is 2.25. The van der Waals surface area contributed by atoms with Gasteiger partial charge in [0.25, 0.3) is 0 Å². The Bertz CT molecular complexity index is 434. The minimum absolute atomic E-state index is 0.0862. The number of aryl methyl sites for hydroxylation is 1. The van der Waals surface area contributed by atoms with Gasteiger partial charge >= 0.3 is 0 Å². The van der Waals surface area contributed by atoms with Crippen LogP contribution in [0.15, 0.2) is 28.9 Å². The van der Waals surface area contributed by atoms with Crippen LogP contribution in [0, 0.1) is 5.82 Å². The zero-order chi connectivity index (χ0) is 9.97. The fourth-order valence-electron chi connectivity index (χ4n) is 1.52. The number of benzene rings is 1. The van der Waals surface area contributed by atoms with Gasteiger partial charge in [-0.2, -0.15) is 0 Å². The molecule has 1 heterocycles. The van der Waals surface area contributed by atoms with Crippen LogP contribution in [0.5, 0.6) is 0 Å². The zero-order valence-electron chi connectivity index (χ0n) is 7.66. The molecule has 0 unspecified atom stereocenters. The Kier molecular flexibility index (Phi) is 2.50. The van der Waals surface area contributed by atoms with E-state index in [1.54, 1.807) is 18.2 Å². The van der Waals surface area contributed by atoms with Gasteiger partial charge in [-0.3, -0.25) is 0 Å². The van der Waals surface area contributed by atoms with Crippen LogP contribution in [0.25, 0.3) is 11.0 Å². The Hall–Kier alpha value is -1.35. The van der Waals surface area contributed by atoms with Gasteiger partial charge < -0.3 is 9.52 Å². The molecule has 0 aliphatic rings. The fourth-order valence-corrected chi connectivity index (χ4v) is 1.52. The quantitative estimate of drug-likeness (QED) is 0.814.